The number of nitro benzene ring substituents is 1. The van der Waals surface area contributed by atoms with E-state index in [2.05, 4.69) is 10.5 Å². The molecule has 0 saturated heterocycles. The maximum atomic E-state index is 11.6. The second kappa shape index (κ2) is 6.58. The van der Waals surface area contributed by atoms with Crippen LogP contribution in [-0.4, -0.2) is 17.0 Å². The van der Waals surface area contributed by atoms with E-state index in [4.69, 9.17) is 0 Å². The van der Waals surface area contributed by atoms with Crippen molar-refractivity contribution in [3.05, 3.63) is 62.3 Å². The molecule has 20 heavy (non-hydrogen) atoms. The Balaban J connectivity index is 1.96. The lowest BCUT2D eigenvalue weighted by molar-refractivity contribution is -0.385. The Morgan fingerprint density at radius 3 is 2.85 bits per heavy atom. The summed E-state index contributed by atoms with van der Waals surface area (Å²) in [6.07, 6.45) is 1.51. The van der Waals surface area contributed by atoms with Crippen LogP contribution in [0.4, 0.5) is 5.69 Å². The quantitative estimate of drug-likeness (QED) is 0.521. The molecule has 1 heterocycles. The Labute approximate surface area is 118 Å². The van der Waals surface area contributed by atoms with E-state index in [1.165, 1.54) is 23.6 Å². The Kier molecular flexibility index (Phi) is 4.56. The van der Waals surface area contributed by atoms with E-state index in [1.54, 1.807) is 18.2 Å². The van der Waals surface area contributed by atoms with Crippen LogP contribution < -0.4 is 5.43 Å². The molecule has 0 saturated carbocycles. The summed E-state index contributed by atoms with van der Waals surface area (Å²) in [7, 11) is 0. The first-order valence-electron chi connectivity index (χ1n) is 5.74. The van der Waals surface area contributed by atoms with E-state index in [1.807, 2.05) is 17.5 Å². The molecule has 1 aromatic heterocycles. The monoisotopic (exact) mass is 289 g/mol. The second-order valence-electron chi connectivity index (χ2n) is 3.87. The fourth-order valence-corrected chi connectivity index (χ4v) is 2.25. The third kappa shape index (κ3) is 3.72. The molecule has 1 aromatic carbocycles. The van der Waals surface area contributed by atoms with Crippen LogP contribution in [0.15, 0.2) is 46.9 Å². The van der Waals surface area contributed by atoms with Crippen LogP contribution in [0.2, 0.25) is 0 Å². The Hall–Kier alpha value is -2.54. The van der Waals surface area contributed by atoms with Crippen LogP contribution >= 0.6 is 11.3 Å². The molecule has 2 aromatic rings. The van der Waals surface area contributed by atoms with Gasteiger partial charge in [-0.3, -0.25) is 14.9 Å². The topological polar surface area (TPSA) is 84.6 Å². The number of nitrogens with one attached hydrogen (secondary N) is 1. The van der Waals surface area contributed by atoms with Crippen LogP contribution in [0.1, 0.15) is 10.4 Å². The van der Waals surface area contributed by atoms with E-state index >= 15 is 0 Å². The lowest BCUT2D eigenvalue weighted by atomic mass is 10.2. The van der Waals surface area contributed by atoms with Crippen molar-refractivity contribution in [2.45, 2.75) is 6.42 Å². The molecular formula is C13H11N3O3S. The van der Waals surface area contributed by atoms with E-state index in [0.29, 0.717) is 5.56 Å². The lowest BCUT2D eigenvalue weighted by Crippen LogP contribution is -2.19. The number of nitrogens with zero attached hydrogens (tertiary/aromatic N) is 2. The Morgan fingerprint density at radius 1 is 1.35 bits per heavy atom. The molecule has 0 spiro atoms. The first-order valence-corrected chi connectivity index (χ1v) is 6.62. The molecule has 0 atom stereocenters. The van der Waals surface area contributed by atoms with Crippen LogP contribution in [0.25, 0.3) is 0 Å². The predicted octanol–water partition coefficient (Wildman–Crippen LogP) is 2.35. The summed E-state index contributed by atoms with van der Waals surface area (Å²) >= 11 is 1.49. The molecule has 0 aliphatic carbocycles. The highest BCUT2D eigenvalue weighted by atomic mass is 32.1. The first kappa shape index (κ1) is 13.9. The molecule has 6 nitrogen and oxygen atoms in total. The van der Waals surface area contributed by atoms with Crippen LogP contribution in [0.5, 0.6) is 0 Å². The Bertz CT molecular complexity index is 638. The zero-order chi connectivity index (χ0) is 14.4. The molecule has 0 radical (unpaired) electrons. The van der Waals surface area contributed by atoms with E-state index in [-0.39, 0.29) is 18.0 Å². The number of carbonyl (C=O) groups is 1. The number of benzene rings is 1. The van der Waals surface area contributed by atoms with Crippen molar-refractivity contribution in [3.8, 4) is 0 Å². The van der Waals surface area contributed by atoms with Gasteiger partial charge in [-0.1, -0.05) is 18.2 Å². The summed E-state index contributed by atoms with van der Waals surface area (Å²) in [5.41, 5.74) is 2.64. The van der Waals surface area contributed by atoms with Gasteiger partial charge in [0.25, 0.3) is 5.69 Å². The molecule has 0 aliphatic heterocycles. The van der Waals surface area contributed by atoms with Gasteiger partial charge in [0.15, 0.2) is 0 Å². The molecule has 1 N–H and O–H groups in total. The largest absolute Gasteiger partial charge is 0.278 e. The normalized spacial score (nSPS) is 10.6. The summed E-state index contributed by atoms with van der Waals surface area (Å²) < 4.78 is 0. The van der Waals surface area contributed by atoms with Crippen LogP contribution in [0.3, 0.4) is 0 Å². The lowest BCUT2D eigenvalue weighted by Gasteiger charge is -1.98. The van der Waals surface area contributed by atoms with Gasteiger partial charge in [-0.25, -0.2) is 5.43 Å². The van der Waals surface area contributed by atoms with Gasteiger partial charge in [-0.15, -0.1) is 11.3 Å². The number of hydrogen-bond acceptors (Lipinski definition) is 5. The highest BCUT2D eigenvalue weighted by Crippen LogP contribution is 2.15. The number of nitro groups is 1. The van der Waals surface area contributed by atoms with Gasteiger partial charge in [0.05, 0.1) is 23.1 Å². The van der Waals surface area contributed by atoms with Crippen molar-refractivity contribution in [2.75, 3.05) is 0 Å². The summed E-state index contributed by atoms with van der Waals surface area (Å²) in [5, 5.41) is 16.4. The molecule has 0 bridgehead atoms. The third-order valence-electron chi connectivity index (χ3n) is 2.44. The fourth-order valence-electron chi connectivity index (χ4n) is 1.55. The minimum atomic E-state index is -0.491. The SMILES string of the molecule is O=C(Cc1cccs1)N/N=C\c1ccccc1[N+](=O)[O-]. The highest BCUT2D eigenvalue weighted by molar-refractivity contribution is 7.10. The van der Waals surface area contributed by atoms with Crippen molar-refractivity contribution in [1.29, 1.82) is 0 Å². The zero-order valence-corrected chi connectivity index (χ0v) is 11.2. The van der Waals surface area contributed by atoms with Crippen molar-refractivity contribution < 1.29 is 9.72 Å². The predicted molar refractivity (Wildman–Crippen MR) is 76.9 cm³/mol. The summed E-state index contributed by atoms with van der Waals surface area (Å²) in [4.78, 5) is 22.8. The van der Waals surface area contributed by atoms with Crippen molar-refractivity contribution in [3.63, 3.8) is 0 Å². The molecular weight excluding hydrogens is 278 g/mol. The van der Waals surface area contributed by atoms with Crippen molar-refractivity contribution in [2.24, 2.45) is 5.10 Å². The number of thiophene rings is 1. The Morgan fingerprint density at radius 2 is 2.15 bits per heavy atom. The molecule has 102 valence electrons. The molecule has 7 heteroatoms. The standard InChI is InChI=1S/C13H11N3O3S/c17-13(8-11-5-3-7-20-11)15-14-9-10-4-1-2-6-12(10)16(18)19/h1-7,9H,8H2,(H,15,17)/b14-9-. The van der Waals surface area contributed by atoms with Gasteiger partial charge in [0.2, 0.25) is 5.91 Å². The molecule has 0 unspecified atom stereocenters. The first-order chi connectivity index (χ1) is 9.66. The number of carbonyl (C=O) groups excluding carboxylic acids is 1. The number of rotatable bonds is 5. The van der Waals surface area contributed by atoms with Gasteiger partial charge >= 0.3 is 0 Å². The number of hydrazone groups is 1. The number of para-hydroxylation sites is 1. The van der Waals surface area contributed by atoms with E-state index < -0.39 is 4.92 Å². The van der Waals surface area contributed by atoms with Gasteiger partial charge in [-0.2, -0.15) is 5.10 Å². The summed E-state index contributed by atoms with van der Waals surface area (Å²) in [5.74, 6) is -0.262. The molecule has 0 aliphatic rings. The van der Waals surface area contributed by atoms with E-state index in [9.17, 15) is 14.9 Å². The van der Waals surface area contributed by atoms with Gasteiger partial charge in [-0.05, 0) is 17.5 Å². The van der Waals surface area contributed by atoms with Gasteiger partial charge in [0.1, 0.15) is 0 Å². The fraction of sp³-hybridized carbons (Fsp3) is 0.0769. The average molecular weight is 289 g/mol. The maximum absolute atomic E-state index is 11.6. The second-order valence-corrected chi connectivity index (χ2v) is 4.90. The molecule has 0 fully saturated rings. The van der Waals surface area contributed by atoms with Gasteiger partial charge < -0.3 is 0 Å². The minimum absolute atomic E-state index is 0.0521. The van der Waals surface area contributed by atoms with Crippen molar-refractivity contribution in [1.82, 2.24) is 5.43 Å². The van der Waals surface area contributed by atoms with Gasteiger partial charge in [0, 0.05) is 10.9 Å². The van der Waals surface area contributed by atoms with Crippen molar-refractivity contribution >= 4 is 29.1 Å². The number of hydrogen-bond donors (Lipinski definition) is 1. The van der Waals surface area contributed by atoms with Crippen LogP contribution in [0, 0.1) is 10.1 Å². The molecule has 2 rings (SSSR count). The minimum Gasteiger partial charge on any atom is -0.273 e. The zero-order valence-electron chi connectivity index (χ0n) is 10.4. The number of amides is 1. The smallest absolute Gasteiger partial charge is 0.273 e. The maximum Gasteiger partial charge on any atom is 0.278 e. The summed E-state index contributed by atoms with van der Waals surface area (Å²) in [6, 6.07) is 9.91. The average Bonchev–Trinajstić information content (AvgIpc) is 2.92. The third-order valence-corrected chi connectivity index (χ3v) is 3.32. The summed E-state index contributed by atoms with van der Waals surface area (Å²) in [6.45, 7) is 0. The molecule has 1 amide bonds. The highest BCUT2D eigenvalue weighted by Gasteiger charge is 2.10. The van der Waals surface area contributed by atoms with Crippen LogP contribution in [-0.2, 0) is 11.2 Å². The van der Waals surface area contributed by atoms with E-state index in [0.717, 1.165) is 4.88 Å².